The van der Waals surface area contributed by atoms with Crippen molar-refractivity contribution in [3.8, 4) is 0 Å². The lowest BCUT2D eigenvalue weighted by atomic mass is 10.2. The standard InChI is InChI=1S/C16H21N3O2/c1-4-16(20)17-11-14-13-7-5-6-8-15(13)19(18-14)9-10-21-12(2)3/h4-8,12H,1,9-11H2,2-3H3,(H,17,20). The highest BCUT2D eigenvalue weighted by molar-refractivity contribution is 5.87. The van der Waals surface area contributed by atoms with Gasteiger partial charge in [-0.15, -0.1) is 0 Å². The van der Waals surface area contributed by atoms with Crippen molar-refractivity contribution in [3.63, 3.8) is 0 Å². The maximum atomic E-state index is 11.3. The summed E-state index contributed by atoms with van der Waals surface area (Å²) in [7, 11) is 0. The molecule has 0 aliphatic carbocycles. The summed E-state index contributed by atoms with van der Waals surface area (Å²) < 4.78 is 7.50. The Labute approximate surface area is 124 Å². The molecule has 2 aromatic rings. The Hall–Kier alpha value is -2.14. The first-order valence-electron chi connectivity index (χ1n) is 7.08. The third kappa shape index (κ3) is 3.92. The van der Waals surface area contributed by atoms with Gasteiger partial charge in [0.15, 0.2) is 0 Å². The van der Waals surface area contributed by atoms with Crippen molar-refractivity contribution in [1.82, 2.24) is 15.1 Å². The number of ether oxygens (including phenoxy) is 1. The molecule has 0 saturated heterocycles. The van der Waals surface area contributed by atoms with Crippen LogP contribution in [0.3, 0.4) is 0 Å². The number of hydrogen-bond acceptors (Lipinski definition) is 3. The van der Waals surface area contributed by atoms with Crippen molar-refractivity contribution in [3.05, 3.63) is 42.6 Å². The molecule has 0 fully saturated rings. The summed E-state index contributed by atoms with van der Waals surface area (Å²) in [5.41, 5.74) is 1.90. The molecule has 1 N–H and O–H groups in total. The van der Waals surface area contributed by atoms with E-state index in [0.717, 1.165) is 16.6 Å². The number of carbonyl (C=O) groups excluding carboxylic acids is 1. The number of rotatable bonds is 7. The second-order valence-corrected chi connectivity index (χ2v) is 5.03. The number of hydrogen-bond donors (Lipinski definition) is 1. The lowest BCUT2D eigenvalue weighted by Gasteiger charge is -2.08. The molecule has 21 heavy (non-hydrogen) atoms. The summed E-state index contributed by atoms with van der Waals surface area (Å²) in [6.07, 6.45) is 1.47. The predicted molar refractivity (Wildman–Crippen MR) is 82.9 cm³/mol. The average Bonchev–Trinajstić information content (AvgIpc) is 2.83. The van der Waals surface area contributed by atoms with Crippen molar-refractivity contribution in [2.45, 2.75) is 33.0 Å². The number of fused-ring (bicyclic) bond motifs is 1. The molecule has 0 aliphatic heterocycles. The molecule has 112 valence electrons. The second kappa shape index (κ2) is 7.04. The molecule has 1 heterocycles. The van der Waals surface area contributed by atoms with Crippen molar-refractivity contribution in [2.75, 3.05) is 6.61 Å². The molecule has 2 rings (SSSR count). The van der Waals surface area contributed by atoms with Crippen molar-refractivity contribution in [1.29, 1.82) is 0 Å². The molecule has 1 aromatic heterocycles. The van der Waals surface area contributed by atoms with Crippen LogP contribution in [0.25, 0.3) is 10.9 Å². The minimum Gasteiger partial charge on any atom is -0.377 e. The highest BCUT2D eigenvalue weighted by Gasteiger charge is 2.10. The first-order chi connectivity index (χ1) is 10.1. The summed E-state index contributed by atoms with van der Waals surface area (Å²) in [6, 6.07) is 7.99. The van der Waals surface area contributed by atoms with E-state index >= 15 is 0 Å². The molecule has 0 unspecified atom stereocenters. The number of nitrogens with one attached hydrogen (secondary N) is 1. The van der Waals surface area contributed by atoms with Gasteiger partial charge in [-0.25, -0.2) is 0 Å². The molecule has 0 radical (unpaired) electrons. The summed E-state index contributed by atoms with van der Waals surface area (Å²) in [6.45, 7) is 9.16. The Bertz CT molecular complexity index is 631. The SMILES string of the molecule is C=CC(=O)NCc1nn(CCOC(C)C)c2ccccc12. The topological polar surface area (TPSA) is 56.2 Å². The Morgan fingerprint density at radius 1 is 1.48 bits per heavy atom. The van der Waals surface area contributed by atoms with Gasteiger partial charge >= 0.3 is 0 Å². The molecule has 1 aromatic carbocycles. The van der Waals surface area contributed by atoms with Crippen LogP contribution in [-0.2, 0) is 22.6 Å². The van der Waals surface area contributed by atoms with E-state index in [2.05, 4.69) is 17.0 Å². The Morgan fingerprint density at radius 3 is 2.95 bits per heavy atom. The van der Waals surface area contributed by atoms with E-state index in [4.69, 9.17) is 4.74 Å². The molecular formula is C16H21N3O2. The van der Waals surface area contributed by atoms with Crippen molar-refractivity contribution < 1.29 is 9.53 Å². The Morgan fingerprint density at radius 2 is 2.24 bits per heavy atom. The third-order valence-electron chi connectivity index (χ3n) is 3.10. The van der Waals surface area contributed by atoms with E-state index in [1.54, 1.807) is 0 Å². The van der Waals surface area contributed by atoms with Gasteiger partial charge in [0.05, 0.1) is 37.0 Å². The van der Waals surface area contributed by atoms with Crippen LogP contribution < -0.4 is 5.32 Å². The second-order valence-electron chi connectivity index (χ2n) is 5.03. The molecule has 5 heteroatoms. The summed E-state index contributed by atoms with van der Waals surface area (Å²) >= 11 is 0. The maximum absolute atomic E-state index is 11.3. The number of para-hydroxylation sites is 1. The van der Waals surface area contributed by atoms with Gasteiger partial charge in [0.25, 0.3) is 0 Å². The minimum atomic E-state index is -0.197. The van der Waals surface area contributed by atoms with E-state index in [1.807, 2.05) is 42.8 Å². The monoisotopic (exact) mass is 287 g/mol. The van der Waals surface area contributed by atoms with Crippen LogP contribution in [0, 0.1) is 0 Å². The third-order valence-corrected chi connectivity index (χ3v) is 3.10. The van der Waals surface area contributed by atoms with Crippen LogP contribution in [0.5, 0.6) is 0 Å². The predicted octanol–water partition coefficient (Wildman–Crippen LogP) is 2.26. The first kappa shape index (κ1) is 15.3. The number of carbonyl (C=O) groups is 1. The van der Waals surface area contributed by atoms with Crippen LogP contribution in [0.2, 0.25) is 0 Å². The fourth-order valence-corrected chi connectivity index (χ4v) is 2.12. The lowest BCUT2D eigenvalue weighted by Crippen LogP contribution is -2.20. The largest absolute Gasteiger partial charge is 0.377 e. The quantitative estimate of drug-likeness (QED) is 0.795. The molecular weight excluding hydrogens is 266 g/mol. The molecule has 0 atom stereocenters. The Balaban J connectivity index is 2.17. The van der Waals surface area contributed by atoms with E-state index in [-0.39, 0.29) is 12.0 Å². The number of nitrogens with zero attached hydrogens (tertiary/aromatic N) is 2. The van der Waals surface area contributed by atoms with Gasteiger partial charge in [-0.3, -0.25) is 9.48 Å². The molecule has 0 bridgehead atoms. The smallest absolute Gasteiger partial charge is 0.243 e. The summed E-state index contributed by atoms with van der Waals surface area (Å²) in [5, 5.41) is 8.39. The van der Waals surface area contributed by atoms with Crippen molar-refractivity contribution >= 4 is 16.8 Å². The number of benzene rings is 1. The van der Waals surface area contributed by atoms with Gasteiger partial charge in [-0.05, 0) is 26.0 Å². The normalized spacial score (nSPS) is 11.0. The highest BCUT2D eigenvalue weighted by Crippen LogP contribution is 2.18. The zero-order valence-electron chi connectivity index (χ0n) is 12.5. The first-order valence-corrected chi connectivity index (χ1v) is 7.08. The van der Waals surface area contributed by atoms with Gasteiger partial charge in [0.1, 0.15) is 0 Å². The molecule has 0 saturated carbocycles. The van der Waals surface area contributed by atoms with Gasteiger partial charge in [-0.2, -0.15) is 5.10 Å². The lowest BCUT2D eigenvalue weighted by molar-refractivity contribution is -0.116. The summed E-state index contributed by atoms with van der Waals surface area (Å²) in [4.78, 5) is 11.3. The van der Waals surface area contributed by atoms with E-state index in [1.165, 1.54) is 6.08 Å². The van der Waals surface area contributed by atoms with E-state index in [9.17, 15) is 4.79 Å². The fraction of sp³-hybridized carbons (Fsp3) is 0.375. The Kier molecular flexibility index (Phi) is 5.11. The van der Waals surface area contributed by atoms with E-state index < -0.39 is 0 Å². The minimum absolute atomic E-state index is 0.197. The number of amides is 1. The van der Waals surface area contributed by atoms with Crippen LogP contribution in [-0.4, -0.2) is 28.4 Å². The van der Waals surface area contributed by atoms with Crippen LogP contribution in [0.15, 0.2) is 36.9 Å². The zero-order chi connectivity index (χ0) is 15.2. The van der Waals surface area contributed by atoms with Crippen LogP contribution in [0.4, 0.5) is 0 Å². The molecule has 1 amide bonds. The van der Waals surface area contributed by atoms with Crippen LogP contribution in [0.1, 0.15) is 19.5 Å². The highest BCUT2D eigenvalue weighted by atomic mass is 16.5. The fourth-order valence-electron chi connectivity index (χ4n) is 2.12. The molecule has 0 aliphatic rings. The molecule has 0 spiro atoms. The maximum Gasteiger partial charge on any atom is 0.243 e. The molecule has 5 nitrogen and oxygen atoms in total. The van der Waals surface area contributed by atoms with E-state index in [0.29, 0.717) is 19.7 Å². The van der Waals surface area contributed by atoms with Crippen LogP contribution >= 0.6 is 0 Å². The van der Waals surface area contributed by atoms with Gasteiger partial charge in [0.2, 0.25) is 5.91 Å². The summed E-state index contributed by atoms with van der Waals surface area (Å²) in [5.74, 6) is -0.197. The number of aromatic nitrogens is 2. The zero-order valence-corrected chi connectivity index (χ0v) is 12.5. The van der Waals surface area contributed by atoms with Gasteiger partial charge < -0.3 is 10.1 Å². The van der Waals surface area contributed by atoms with Gasteiger partial charge in [-0.1, -0.05) is 24.8 Å². The van der Waals surface area contributed by atoms with Crippen molar-refractivity contribution in [2.24, 2.45) is 0 Å². The van der Waals surface area contributed by atoms with Gasteiger partial charge in [0, 0.05) is 5.39 Å². The average molecular weight is 287 g/mol.